The van der Waals surface area contributed by atoms with Crippen LogP contribution in [0.4, 0.5) is 0 Å². The number of methoxy groups -OCH3 is 1. The Labute approximate surface area is 111 Å². The van der Waals surface area contributed by atoms with E-state index in [1.165, 1.54) is 7.11 Å². The van der Waals surface area contributed by atoms with Gasteiger partial charge >= 0.3 is 5.97 Å². The average molecular weight is 259 g/mol. The van der Waals surface area contributed by atoms with Crippen molar-refractivity contribution in [3.63, 3.8) is 0 Å². The third-order valence-electron chi connectivity index (χ3n) is 3.64. The Morgan fingerprint density at radius 1 is 1.53 bits per heavy atom. The van der Waals surface area contributed by atoms with Gasteiger partial charge in [0.25, 0.3) is 0 Å². The molecular formula is C14H17N3O2. The summed E-state index contributed by atoms with van der Waals surface area (Å²) < 4.78 is 6.77. The maximum atomic E-state index is 11.6. The van der Waals surface area contributed by atoms with Gasteiger partial charge in [-0.15, -0.1) is 0 Å². The van der Waals surface area contributed by atoms with Crippen LogP contribution in [0.15, 0.2) is 24.5 Å². The summed E-state index contributed by atoms with van der Waals surface area (Å²) in [5.74, 6) is 1.11. The van der Waals surface area contributed by atoms with E-state index in [0.29, 0.717) is 11.5 Å². The summed E-state index contributed by atoms with van der Waals surface area (Å²) in [5, 5.41) is 3.39. The van der Waals surface area contributed by atoms with Crippen molar-refractivity contribution in [3.05, 3.63) is 35.9 Å². The zero-order chi connectivity index (χ0) is 13.2. The Balaban J connectivity index is 2.02. The van der Waals surface area contributed by atoms with E-state index in [9.17, 15) is 4.79 Å². The molecule has 2 aromatic heterocycles. The molecule has 5 nitrogen and oxygen atoms in total. The lowest BCUT2D eigenvalue weighted by atomic mass is 9.99. The number of fused-ring (bicyclic) bond motifs is 1. The van der Waals surface area contributed by atoms with Gasteiger partial charge in [-0.3, -0.25) is 0 Å². The number of aromatic nitrogens is 2. The van der Waals surface area contributed by atoms with Crippen molar-refractivity contribution in [1.82, 2.24) is 14.7 Å². The monoisotopic (exact) mass is 259 g/mol. The first-order valence-corrected chi connectivity index (χ1v) is 6.55. The lowest BCUT2D eigenvalue weighted by Crippen LogP contribution is -2.29. The van der Waals surface area contributed by atoms with E-state index >= 15 is 0 Å². The molecule has 0 aliphatic carbocycles. The predicted octanol–water partition coefficient (Wildman–Crippen LogP) is 1.59. The fraction of sp³-hybridized carbons (Fsp3) is 0.429. The minimum atomic E-state index is -0.316. The number of hydrogen-bond donors (Lipinski definition) is 1. The van der Waals surface area contributed by atoms with Crippen molar-refractivity contribution >= 4 is 11.5 Å². The molecule has 19 heavy (non-hydrogen) atoms. The van der Waals surface area contributed by atoms with Crippen molar-refractivity contribution in [3.8, 4) is 0 Å². The standard InChI is InChI=1S/C14H17N3O2/c1-19-14(18)11-4-5-12-8-16-13(17(12)9-11)10-3-2-6-15-7-10/h4-5,8-10,15H,2-3,6-7H2,1H3. The van der Waals surface area contributed by atoms with Gasteiger partial charge < -0.3 is 14.5 Å². The molecule has 1 N–H and O–H groups in total. The molecule has 0 spiro atoms. The normalized spacial score (nSPS) is 19.5. The average Bonchev–Trinajstić information content (AvgIpc) is 2.90. The summed E-state index contributed by atoms with van der Waals surface area (Å²) in [6.07, 6.45) is 5.97. The van der Waals surface area contributed by atoms with E-state index in [0.717, 1.165) is 37.3 Å². The molecule has 0 saturated carbocycles. The van der Waals surface area contributed by atoms with Gasteiger partial charge in [-0.05, 0) is 31.5 Å². The SMILES string of the molecule is COC(=O)c1ccc2cnc(C3CCCNC3)n2c1. The number of pyridine rings is 1. The van der Waals surface area contributed by atoms with Crippen LogP contribution in [0.25, 0.3) is 5.52 Å². The second-order valence-electron chi connectivity index (χ2n) is 4.86. The number of nitrogens with zero attached hydrogens (tertiary/aromatic N) is 2. The molecule has 1 atom stereocenters. The topological polar surface area (TPSA) is 55.6 Å². The molecule has 3 heterocycles. The molecule has 1 fully saturated rings. The van der Waals surface area contributed by atoms with Crippen LogP contribution in [0.1, 0.15) is 34.9 Å². The van der Waals surface area contributed by atoms with Crippen molar-refractivity contribution in [2.75, 3.05) is 20.2 Å². The van der Waals surface area contributed by atoms with Gasteiger partial charge in [0.2, 0.25) is 0 Å². The molecule has 1 saturated heterocycles. The number of esters is 1. The fourth-order valence-electron chi connectivity index (χ4n) is 2.62. The number of carbonyl (C=O) groups is 1. The number of piperidine rings is 1. The van der Waals surface area contributed by atoms with Crippen LogP contribution in [0.2, 0.25) is 0 Å². The molecule has 1 aliphatic rings. The zero-order valence-electron chi connectivity index (χ0n) is 10.9. The van der Waals surface area contributed by atoms with Gasteiger partial charge in [0.15, 0.2) is 0 Å². The Morgan fingerprint density at radius 2 is 2.42 bits per heavy atom. The first kappa shape index (κ1) is 12.2. The van der Waals surface area contributed by atoms with Crippen molar-refractivity contribution in [2.24, 2.45) is 0 Å². The smallest absolute Gasteiger partial charge is 0.339 e. The fourth-order valence-corrected chi connectivity index (χ4v) is 2.62. The van der Waals surface area contributed by atoms with E-state index in [-0.39, 0.29) is 5.97 Å². The van der Waals surface area contributed by atoms with Gasteiger partial charge in [0.05, 0.1) is 24.4 Å². The summed E-state index contributed by atoms with van der Waals surface area (Å²) in [7, 11) is 1.40. The third kappa shape index (κ3) is 2.21. The first-order valence-electron chi connectivity index (χ1n) is 6.55. The summed E-state index contributed by atoms with van der Waals surface area (Å²) in [4.78, 5) is 16.1. The molecule has 0 bridgehead atoms. The second kappa shape index (κ2) is 5.01. The molecule has 1 unspecified atom stereocenters. The number of hydrogen-bond acceptors (Lipinski definition) is 4. The maximum Gasteiger partial charge on any atom is 0.339 e. The summed E-state index contributed by atoms with van der Waals surface area (Å²) >= 11 is 0. The number of ether oxygens (including phenoxy) is 1. The molecule has 2 aromatic rings. The lowest BCUT2D eigenvalue weighted by molar-refractivity contribution is 0.0600. The van der Waals surface area contributed by atoms with Crippen molar-refractivity contribution in [1.29, 1.82) is 0 Å². The van der Waals surface area contributed by atoms with Crippen LogP contribution in [0.3, 0.4) is 0 Å². The molecule has 3 rings (SSSR count). The van der Waals surface area contributed by atoms with Gasteiger partial charge in [0.1, 0.15) is 5.82 Å². The largest absolute Gasteiger partial charge is 0.465 e. The third-order valence-corrected chi connectivity index (χ3v) is 3.64. The Hall–Kier alpha value is -1.88. The molecule has 5 heteroatoms. The van der Waals surface area contributed by atoms with Crippen molar-refractivity contribution in [2.45, 2.75) is 18.8 Å². The molecule has 0 radical (unpaired) electrons. The molecule has 0 amide bonds. The Kier molecular flexibility index (Phi) is 3.21. The Morgan fingerprint density at radius 3 is 3.16 bits per heavy atom. The maximum absolute atomic E-state index is 11.6. The van der Waals surface area contributed by atoms with E-state index in [2.05, 4.69) is 10.3 Å². The molecular weight excluding hydrogens is 242 g/mol. The summed E-state index contributed by atoms with van der Waals surface area (Å²) in [6.45, 7) is 2.02. The van der Waals surface area contributed by atoms with E-state index in [1.807, 2.05) is 22.9 Å². The number of carbonyl (C=O) groups excluding carboxylic acids is 1. The number of nitrogens with one attached hydrogen (secondary N) is 1. The van der Waals surface area contributed by atoms with Crippen LogP contribution in [-0.4, -0.2) is 35.6 Å². The van der Waals surface area contributed by atoms with Gasteiger partial charge in [-0.25, -0.2) is 9.78 Å². The first-order chi connectivity index (χ1) is 9.29. The van der Waals surface area contributed by atoms with Gasteiger partial charge in [-0.2, -0.15) is 0 Å². The quantitative estimate of drug-likeness (QED) is 0.832. The van der Waals surface area contributed by atoms with E-state index in [4.69, 9.17) is 4.74 Å². The van der Waals surface area contributed by atoms with Crippen LogP contribution in [-0.2, 0) is 4.74 Å². The molecule has 100 valence electrons. The lowest BCUT2D eigenvalue weighted by Gasteiger charge is -2.21. The van der Waals surface area contributed by atoms with E-state index in [1.54, 1.807) is 6.07 Å². The summed E-state index contributed by atoms with van der Waals surface area (Å²) in [6, 6.07) is 3.67. The number of rotatable bonds is 2. The Bertz CT molecular complexity index is 600. The van der Waals surface area contributed by atoms with Crippen LogP contribution in [0, 0.1) is 0 Å². The summed E-state index contributed by atoms with van der Waals surface area (Å²) in [5.41, 5.74) is 1.56. The van der Waals surface area contributed by atoms with Crippen molar-refractivity contribution < 1.29 is 9.53 Å². The van der Waals surface area contributed by atoms with Crippen LogP contribution in [0.5, 0.6) is 0 Å². The second-order valence-corrected chi connectivity index (χ2v) is 4.86. The predicted molar refractivity (Wildman–Crippen MR) is 71.4 cm³/mol. The van der Waals surface area contributed by atoms with E-state index < -0.39 is 0 Å². The highest BCUT2D eigenvalue weighted by Crippen LogP contribution is 2.23. The van der Waals surface area contributed by atoms with Crippen LogP contribution < -0.4 is 5.32 Å². The number of imidazole rings is 1. The van der Waals surface area contributed by atoms with Gasteiger partial charge in [0, 0.05) is 18.7 Å². The highest BCUT2D eigenvalue weighted by Gasteiger charge is 2.20. The molecule has 1 aliphatic heterocycles. The molecule has 0 aromatic carbocycles. The van der Waals surface area contributed by atoms with Crippen LogP contribution >= 0.6 is 0 Å². The zero-order valence-corrected chi connectivity index (χ0v) is 10.9. The van der Waals surface area contributed by atoms with Gasteiger partial charge in [-0.1, -0.05) is 0 Å². The minimum Gasteiger partial charge on any atom is -0.465 e. The highest BCUT2D eigenvalue weighted by molar-refractivity contribution is 5.89. The highest BCUT2D eigenvalue weighted by atomic mass is 16.5. The minimum absolute atomic E-state index is 0.316.